The number of hydrogen-bond donors (Lipinski definition) is 1. The van der Waals surface area contributed by atoms with Crippen LogP contribution in [0, 0.1) is 5.92 Å². The Labute approximate surface area is 188 Å². The van der Waals surface area contributed by atoms with Crippen molar-refractivity contribution in [2.75, 3.05) is 32.2 Å². The first-order chi connectivity index (χ1) is 15.7. The Hall–Kier alpha value is -3.61. The van der Waals surface area contributed by atoms with E-state index in [0.717, 1.165) is 60.1 Å². The Morgan fingerprint density at radius 1 is 1.03 bits per heavy atom. The van der Waals surface area contributed by atoms with E-state index in [4.69, 9.17) is 9.47 Å². The fraction of sp³-hybridized carbons (Fsp3) is 0.320. The highest BCUT2D eigenvalue weighted by Gasteiger charge is 2.26. The van der Waals surface area contributed by atoms with Gasteiger partial charge in [-0.1, -0.05) is 30.3 Å². The van der Waals surface area contributed by atoms with Crippen LogP contribution in [0.5, 0.6) is 11.5 Å². The molecule has 1 aliphatic heterocycles. The summed E-state index contributed by atoms with van der Waals surface area (Å²) in [5.41, 5.74) is 2.87. The van der Waals surface area contributed by atoms with Gasteiger partial charge in [-0.3, -0.25) is 4.79 Å². The molecule has 0 radical (unpaired) electrons. The summed E-state index contributed by atoms with van der Waals surface area (Å²) in [6.07, 6.45) is 3.18. The maximum absolute atomic E-state index is 12.8. The van der Waals surface area contributed by atoms with E-state index in [1.165, 1.54) is 0 Å². The molecule has 7 nitrogen and oxygen atoms in total. The van der Waals surface area contributed by atoms with Gasteiger partial charge < -0.3 is 19.7 Å². The van der Waals surface area contributed by atoms with Crippen LogP contribution in [0.3, 0.4) is 0 Å². The minimum atomic E-state index is -0.0155. The van der Waals surface area contributed by atoms with Gasteiger partial charge in [-0.05, 0) is 31.0 Å². The number of carbonyl (C=O) groups is 1. The fourth-order valence-corrected chi connectivity index (χ4v) is 4.00. The van der Waals surface area contributed by atoms with Crippen LogP contribution < -0.4 is 19.7 Å². The standard InChI is InChI=1S/C25H28N4O3/c1-31-21-8-9-23(32-2)20(14-21)16-26-25(30)19-10-12-29(13-11-19)24-15-22(27-17-28-24)18-6-4-3-5-7-18/h3-9,14-15,17,19H,10-13,16H2,1-2H3,(H,26,30). The molecular formula is C25H28N4O3. The minimum Gasteiger partial charge on any atom is -0.497 e. The summed E-state index contributed by atoms with van der Waals surface area (Å²) < 4.78 is 10.7. The molecule has 0 unspecified atom stereocenters. The van der Waals surface area contributed by atoms with Crippen molar-refractivity contribution in [1.82, 2.24) is 15.3 Å². The zero-order valence-corrected chi connectivity index (χ0v) is 18.5. The minimum absolute atomic E-state index is 0.0155. The number of carbonyl (C=O) groups excluding carboxylic acids is 1. The quantitative estimate of drug-likeness (QED) is 0.614. The Morgan fingerprint density at radius 2 is 1.81 bits per heavy atom. The second kappa shape index (κ2) is 10.1. The van der Waals surface area contributed by atoms with Crippen molar-refractivity contribution in [2.45, 2.75) is 19.4 Å². The van der Waals surface area contributed by atoms with Crippen molar-refractivity contribution in [1.29, 1.82) is 0 Å². The average molecular weight is 433 g/mol. The molecule has 1 amide bonds. The molecule has 1 aliphatic rings. The van der Waals surface area contributed by atoms with Crippen molar-refractivity contribution in [2.24, 2.45) is 5.92 Å². The van der Waals surface area contributed by atoms with Crippen LogP contribution in [0.15, 0.2) is 60.9 Å². The Kier molecular flexibility index (Phi) is 6.84. The zero-order valence-electron chi connectivity index (χ0n) is 18.5. The van der Waals surface area contributed by atoms with Gasteiger partial charge in [-0.25, -0.2) is 9.97 Å². The number of benzene rings is 2. The molecule has 32 heavy (non-hydrogen) atoms. The smallest absolute Gasteiger partial charge is 0.223 e. The topological polar surface area (TPSA) is 76.6 Å². The number of amides is 1. The lowest BCUT2D eigenvalue weighted by molar-refractivity contribution is -0.125. The van der Waals surface area contributed by atoms with Gasteiger partial charge >= 0.3 is 0 Å². The highest BCUT2D eigenvalue weighted by Crippen LogP contribution is 2.26. The van der Waals surface area contributed by atoms with Crippen LogP contribution in [0.2, 0.25) is 0 Å². The molecule has 1 saturated heterocycles. The first-order valence-electron chi connectivity index (χ1n) is 10.8. The molecule has 166 valence electrons. The van der Waals surface area contributed by atoms with Crippen molar-refractivity contribution in [3.8, 4) is 22.8 Å². The van der Waals surface area contributed by atoms with Gasteiger partial charge in [-0.2, -0.15) is 0 Å². The van der Waals surface area contributed by atoms with Crippen LogP contribution >= 0.6 is 0 Å². The molecule has 0 bridgehead atoms. The predicted molar refractivity (Wildman–Crippen MR) is 124 cm³/mol. The maximum Gasteiger partial charge on any atom is 0.223 e. The monoisotopic (exact) mass is 432 g/mol. The third-order valence-electron chi connectivity index (χ3n) is 5.85. The van der Waals surface area contributed by atoms with Gasteiger partial charge in [0, 0.05) is 42.7 Å². The number of anilines is 1. The summed E-state index contributed by atoms with van der Waals surface area (Å²) in [5.74, 6) is 2.43. The van der Waals surface area contributed by atoms with E-state index >= 15 is 0 Å². The first kappa shape index (κ1) is 21.6. The molecule has 0 spiro atoms. The van der Waals surface area contributed by atoms with Crippen LogP contribution in [-0.2, 0) is 11.3 Å². The van der Waals surface area contributed by atoms with Gasteiger partial charge in [0.15, 0.2) is 0 Å². The molecule has 2 heterocycles. The second-order valence-electron chi connectivity index (χ2n) is 7.78. The van der Waals surface area contributed by atoms with Gasteiger partial charge in [-0.15, -0.1) is 0 Å². The van der Waals surface area contributed by atoms with Gasteiger partial charge in [0.2, 0.25) is 5.91 Å². The largest absolute Gasteiger partial charge is 0.497 e. The van der Waals surface area contributed by atoms with Crippen LogP contribution in [0.4, 0.5) is 5.82 Å². The molecule has 1 N–H and O–H groups in total. The van der Waals surface area contributed by atoms with E-state index in [9.17, 15) is 4.79 Å². The SMILES string of the molecule is COc1ccc(OC)c(CNC(=O)C2CCN(c3cc(-c4ccccc4)ncn3)CC2)c1. The summed E-state index contributed by atoms with van der Waals surface area (Å²) in [7, 11) is 3.25. The van der Waals surface area contributed by atoms with Crippen molar-refractivity contribution < 1.29 is 14.3 Å². The Balaban J connectivity index is 1.34. The van der Waals surface area contributed by atoms with E-state index in [1.54, 1.807) is 20.5 Å². The molecule has 3 aromatic rings. The maximum atomic E-state index is 12.8. The lowest BCUT2D eigenvalue weighted by atomic mass is 9.95. The van der Waals surface area contributed by atoms with Crippen molar-refractivity contribution >= 4 is 11.7 Å². The van der Waals surface area contributed by atoms with Crippen LogP contribution in [0.1, 0.15) is 18.4 Å². The van der Waals surface area contributed by atoms with Gasteiger partial charge in [0.25, 0.3) is 0 Å². The number of aromatic nitrogens is 2. The number of piperidine rings is 1. The van der Waals surface area contributed by atoms with Crippen LogP contribution in [0.25, 0.3) is 11.3 Å². The highest BCUT2D eigenvalue weighted by molar-refractivity contribution is 5.79. The molecule has 0 aliphatic carbocycles. The molecular weight excluding hydrogens is 404 g/mol. The van der Waals surface area contributed by atoms with E-state index < -0.39 is 0 Å². The average Bonchev–Trinajstić information content (AvgIpc) is 2.87. The molecule has 1 fully saturated rings. The summed E-state index contributed by atoms with van der Waals surface area (Å²) >= 11 is 0. The van der Waals surface area contributed by atoms with E-state index in [-0.39, 0.29) is 11.8 Å². The number of rotatable bonds is 7. The number of methoxy groups -OCH3 is 2. The number of ether oxygens (including phenoxy) is 2. The molecule has 7 heteroatoms. The normalized spacial score (nSPS) is 14.1. The van der Waals surface area contributed by atoms with Gasteiger partial charge in [0.1, 0.15) is 23.6 Å². The predicted octanol–water partition coefficient (Wildman–Crippen LogP) is 3.69. The molecule has 4 rings (SSSR count). The summed E-state index contributed by atoms with van der Waals surface area (Å²) in [6.45, 7) is 1.98. The third kappa shape index (κ3) is 4.99. The summed E-state index contributed by atoms with van der Waals surface area (Å²) in [4.78, 5) is 23.9. The summed E-state index contributed by atoms with van der Waals surface area (Å²) in [5, 5.41) is 3.06. The van der Waals surface area contributed by atoms with E-state index in [1.807, 2.05) is 54.6 Å². The molecule has 2 aromatic carbocycles. The second-order valence-corrected chi connectivity index (χ2v) is 7.78. The number of hydrogen-bond acceptors (Lipinski definition) is 6. The first-order valence-corrected chi connectivity index (χ1v) is 10.8. The van der Waals surface area contributed by atoms with Crippen molar-refractivity contribution in [3.05, 3.63) is 66.5 Å². The highest BCUT2D eigenvalue weighted by atomic mass is 16.5. The Morgan fingerprint density at radius 3 is 2.53 bits per heavy atom. The fourth-order valence-electron chi connectivity index (χ4n) is 4.00. The van der Waals surface area contributed by atoms with Crippen molar-refractivity contribution in [3.63, 3.8) is 0 Å². The summed E-state index contributed by atoms with van der Waals surface area (Å²) in [6, 6.07) is 17.7. The Bertz CT molecular complexity index is 1050. The molecule has 0 atom stereocenters. The lowest BCUT2D eigenvalue weighted by Crippen LogP contribution is -2.40. The lowest BCUT2D eigenvalue weighted by Gasteiger charge is -2.32. The van der Waals surface area contributed by atoms with Crippen LogP contribution in [-0.4, -0.2) is 43.2 Å². The zero-order chi connectivity index (χ0) is 22.3. The van der Waals surface area contributed by atoms with E-state index in [0.29, 0.717) is 6.54 Å². The molecule has 1 aromatic heterocycles. The third-order valence-corrected chi connectivity index (χ3v) is 5.85. The van der Waals surface area contributed by atoms with Gasteiger partial charge in [0.05, 0.1) is 19.9 Å². The number of nitrogens with zero attached hydrogens (tertiary/aromatic N) is 3. The molecule has 0 saturated carbocycles. The van der Waals surface area contributed by atoms with E-state index in [2.05, 4.69) is 20.2 Å². The number of nitrogens with one attached hydrogen (secondary N) is 1.